The number of rotatable bonds is 0. The molecule has 0 aliphatic heterocycles. The van der Waals surface area contributed by atoms with E-state index in [1.807, 2.05) is 0 Å². The zero-order valence-corrected chi connectivity index (χ0v) is 7.58. The molecule has 0 atom stereocenters. The second-order valence-electron chi connectivity index (χ2n) is 0. The molecule has 0 rings (SSSR count). The Balaban J connectivity index is -0.00000000500. The van der Waals surface area contributed by atoms with Crippen LogP contribution in [0.3, 0.4) is 0 Å². The van der Waals surface area contributed by atoms with Gasteiger partial charge in [0.2, 0.25) is 0 Å². The van der Waals surface area contributed by atoms with Crippen LogP contribution in [0.2, 0.25) is 0 Å². The standard InChI is InChI=1S/2Cu.In.S. The van der Waals surface area contributed by atoms with Gasteiger partial charge in [0.25, 0.3) is 0 Å². The third kappa shape index (κ3) is 8.92. The number of hydrogen-bond donors (Lipinski definition) is 0. The molecule has 3 radical (unpaired) electrons. The van der Waals surface area contributed by atoms with Crippen LogP contribution in [0.4, 0.5) is 0 Å². The van der Waals surface area contributed by atoms with E-state index in [1.54, 1.807) is 0 Å². The molecule has 0 saturated carbocycles. The van der Waals surface area contributed by atoms with Gasteiger partial charge in [-0.3, -0.25) is 0 Å². The fourth-order valence-corrected chi connectivity index (χ4v) is 0. The Bertz CT molecular complexity index is 6.00. The molecule has 4 heteroatoms. The molecule has 0 spiro atoms. The Morgan fingerprint density at radius 2 is 1.00 bits per heavy atom. The summed E-state index contributed by atoms with van der Waals surface area (Å²) in [5.41, 5.74) is 0. The second-order valence-corrected chi connectivity index (χ2v) is 0. The zero-order valence-electron chi connectivity index (χ0n) is 1.59. The van der Waals surface area contributed by atoms with Gasteiger partial charge >= 0.3 is 31.3 Å². The van der Waals surface area contributed by atoms with Gasteiger partial charge in [0.05, 0.1) is 0 Å². The van der Waals surface area contributed by atoms with Crippen molar-refractivity contribution in [1.82, 2.24) is 0 Å². The molecule has 31 valence electrons. The molecule has 0 aliphatic rings. The molecule has 0 bridgehead atoms. The van der Waals surface area contributed by atoms with Crippen molar-refractivity contribution in [2.24, 2.45) is 0 Å². The molecule has 0 fully saturated rings. The normalized spacial score (nSPS) is 0.750. The first-order chi connectivity index (χ1) is 1.00. The SMILES string of the molecule is [Cu].[Cu].[S]=[In]. The Kier molecular flexibility index (Phi) is 79.4. The third-order valence-electron chi connectivity index (χ3n) is 0. The van der Waals surface area contributed by atoms with Gasteiger partial charge in [0, 0.05) is 34.1 Å². The first kappa shape index (κ1) is 16.5. The Labute approximate surface area is 64.6 Å². The Morgan fingerprint density at radius 1 is 1.00 bits per heavy atom. The van der Waals surface area contributed by atoms with Crippen molar-refractivity contribution < 1.29 is 34.1 Å². The van der Waals surface area contributed by atoms with Crippen molar-refractivity contribution in [2.75, 3.05) is 0 Å². The summed E-state index contributed by atoms with van der Waals surface area (Å²) < 4.78 is 0. The van der Waals surface area contributed by atoms with Gasteiger partial charge in [-0.15, -0.1) is 0 Å². The Morgan fingerprint density at radius 3 is 1.00 bits per heavy atom. The first-order valence-electron chi connectivity index (χ1n) is 0.236. The van der Waals surface area contributed by atoms with Gasteiger partial charge in [-0.1, -0.05) is 0 Å². The third-order valence-corrected chi connectivity index (χ3v) is 0. The molecule has 0 nitrogen and oxygen atoms in total. The van der Waals surface area contributed by atoms with Gasteiger partial charge in [-0.2, -0.15) is 0 Å². The second kappa shape index (κ2) is 19.3. The predicted octanol–water partition coefficient (Wildman–Crippen LogP) is 0.262. The summed E-state index contributed by atoms with van der Waals surface area (Å²) in [5, 5.41) is 0. The maximum absolute atomic E-state index is 4.21. The molecule has 0 aromatic heterocycles. The van der Waals surface area contributed by atoms with Gasteiger partial charge in [-0.25, -0.2) is 0 Å². The van der Waals surface area contributed by atoms with Crippen LogP contribution in [0, 0.1) is 0 Å². The van der Waals surface area contributed by atoms with Crippen molar-refractivity contribution in [3.63, 3.8) is 0 Å². The molecule has 0 aromatic carbocycles. The van der Waals surface area contributed by atoms with E-state index < -0.39 is 0 Å². The van der Waals surface area contributed by atoms with E-state index in [0.29, 0.717) is 0 Å². The van der Waals surface area contributed by atoms with Gasteiger partial charge in [-0.05, 0) is 0 Å². The predicted molar refractivity (Wildman–Crippen MR) is 13.3 cm³/mol. The summed E-state index contributed by atoms with van der Waals surface area (Å²) >= 11 is 0.933. The number of hydrogen-bond acceptors (Lipinski definition) is 1. The quantitative estimate of drug-likeness (QED) is 0.571. The molecule has 0 aromatic rings. The fourth-order valence-electron chi connectivity index (χ4n) is 0. The summed E-state index contributed by atoms with van der Waals surface area (Å²) in [7, 11) is 4.21. The van der Waals surface area contributed by atoms with Crippen molar-refractivity contribution in [1.29, 1.82) is 0 Å². The van der Waals surface area contributed by atoms with E-state index in [9.17, 15) is 0 Å². The first-order valence-corrected chi connectivity index (χ1v) is 4.74. The van der Waals surface area contributed by atoms with Crippen LogP contribution in [0.5, 0.6) is 0 Å². The summed E-state index contributed by atoms with van der Waals surface area (Å²) in [6, 6.07) is 0. The summed E-state index contributed by atoms with van der Waals surface area (Å²) in [4.78, 5) is 0. The molecule has 4 heavy (non-hydrogen) atoms. The van der Waals surface area contributed by atoms with Crippen LogP contribution in [0.1, 0.15) is 0 Å². The molecule has 0 amide bonds. The van der Waals surface area contributed by atoms with E-state index in [0.717, 1.165) is 22.4 Å². The summed E-state index contributed by atoms with van der Waals surface area (Å²) in [5.74, 6) is 0. The van der Waals surface area contributed by atoms with Crippen LogP contribution in [0.25, 0.3) is 0 Å². The Hall–Kier alpha value is 2.13. The van der Waals surface area contributed by atoms with Crippen LogP contribution >= 0.6 is 8.92 Å². The average molecular weight is 274 g/mol. The van der Waals surface area contributed by atoms with Crippen LogP contribution < -0.4 is 0 Å². The van der Waals surface area contributed by atoms with E-state index in [2.05, 4.69) is 8.92 Å². The minimum absolute atomic E-state index is 0. The van der Waals surface area contributed by atoms with Gasteiger partial charge in [0.1, 0.15) is 0 Å². The van der Waals surface area contributed by atoms with E-state index in [1.165, 1.54) is 0 Å². The van der Waals surface area contributed by atoms with E-state index >= 15 is 0 Å². The molecule has 0 heterocycles. The molecule has 0 saturated heterocycles. The van der Waals surface area contributed by atoms with Crippen molar-refractivity contribution in [2.45, 2.75) is 0 Å². The van der Waals surface area contributed by atoms with Crippen molar-refractivity contribution in [3.8, 4) is 0 Å². The van der Waals surface area contributed by atoms with Crippen molar-refractivity contribution >= 4 is 31.3 Å². The molecule has 0 N–H and O–H groups in total. The molecular formula is Cu2InS. The van der Waals surface area contributed by atoms with Gasteiger partial charge in [0.15, 0.2) is 0 Å². The maximum atomic E-state index is 4.21. The molecular weight excluding hydrogens is 274 g/mol. The summed E-state index contributed by atoms with van der Waals surface area (Å²) in [6.07, 6.45) is 0. The van der Waals surface area contributed by atoms with Crippen LogP contribution in [-0.4, -0.2) is 22.4 Å². The fraction of sp³-hybridized carbons (Fsp3) is 0. The zero-order chi connectivity index (χ0) is 2.00. The van der Waals surface area contributed by atoms with Gasteiger partial charge < -0.3 is 0 Å². The topological polar surface area (TPSA) is 0 Å². The monoisotopic (exact) mass is 273 g/mol. The van der Waals surface area contributed by atoms with Crippen molar-refractivity contribution in [3.05, 3.63) is 0 Å². The molecule has 0 aliphatic carbocycles. The average Bonchev–Trinajstić information content (AvgIpc) is 1.00. The molecule has 0 unspecified atom stereocenters. The van der Waals surface area contributed by atoms with E-state index in [-0.39, 0.29) is 34.1 Å². The van der Waals surface area contributed by atoms with Crippen LogP contribution in [-0.2, 0) is 34.1 Å². The summed E-state index contributed by atoms with van der Waals surface area (Å²) in [6.45, 7) is 0. The van der Waals surface area contributed by atoms with E-state index in [4.69, 9.17) is 0 Å². The minimum atomic E-state index is 0. The van der Waals surface area contributed by atoms with Crippen LogP contribution in [0.15, 0.2) is 0 Å².